The third-order valence-electron chi connectivity index (χ3n) is 11.5. The van der Waals surface area contributed by atoms with E-state index < -0.39 is 68.2 Å². The Balaban J connectivity index is 1.16. The molecule has 13 heteroatoms. The number of halogens is 6. The van der Waals surface area contributed by atoms with Gasteiger partial charge in [-0.15, -0.1) is 0 Å². The van der Waals surface area contributed by atoms with Crippen LogP contribution in [0.5, 0.6) is 0 Å². The van der Waals surface area contributed by atoms with Crippen molar-refractivity contribution in [2.24, 2.45) is 5.41 Å². The number of aromatic nitrogens is 1. The summed E-state index contributed by atoms with van der Waals surface area (Å²) in [5, 5.41) is 15.7. The van der Waals surface area contributed by atoms with E-state index in [2.05, 4.69) is 16.3 Å². The Bertz CT molecular complexity index is 1960. The van der Waals surface area contributed by atoms with Gasteiger partial charge in [-0.3, -0.25) is 19.6 Å². The SMILES string of the molecule is O=C(O)[C@H](Cc1cccc2c(-c3ncc(CN4C5CCCC4CC5)c4ccccc34)cccc12)NC(=O)C1(C(F)(F)F)CCN(CC(F)(F)F)CC1. The number of alkyl halides is 6. The first kappa shape index (κ1) is 36.1. The molecule has 2 bridgehead atoms. The Labute approximate surface area is 297 Å². The minimum atomic E-state index is -5.10. The molecule has 4 heterocycles. The predicted octanol–water partition coefficient (Wildman–Crippen LogP) is 7.89. The maximum atomic E-state index is 14.4. The van der Waals surface area contributed by atoms with Gasteiger partial charge in [0.05, 0.1) is 12.2 Å². The molecule has 3 aliphatic heterocycles. The number of carboxylic acid groups (broad SMARTS) is 1. The van der Waals surface area contributed by atoms with E-state index in [4.69, 9.17) is 4.98 Å². The van der Waals surface area contributed by atoms with Gasteiger partial charge in [-0.2, -0.15) is 26.3 Å². The molecule has 3 atom stereocenters. The second kappa shape index (κ2) is 14.0. The summed E-state index contributed by atoms with van der Waals surface area (Å²) in [4.78, 5) is 34.2. The van der Waals surface area contributed by atoms with Crippen LogP contribution in [-0.2, 0) is 22.6 Å². The first-order valence-electron chi connectivity index (χ1n) is 17.8. The van der Waals surface area contributed by atoms with Crippen molar-refractivity contribution in [3.8, 4) is 11.3 Å². The van der Waals surface area contributed by atoms with Crippen molar-refractivity contribution in [3.05, 3.63) is 78.0 Å². The van der Waals surface area contributed by atoms with Crippen LogP contribution in [0, 0.1) is 5.41 Å². The van der Waals surface area contributed by atoms with Gasteiger partial charge in [-0.25, -0.2) is 4.79 Å². The van der Waals surface area contributed by atoms with E-state index in [-0.39, 0.29) is 6.42 Å². The van der Waals surface area contributed by atoms with E-state index >= 15 is 0 Å². The predicted molar refractivity (Wildman–Crippen MR) is 184 cm³/mol. The summed E-state index contributed by atoms with van der Waals surface area (Å²) in [5.41, 5.74) is 0.186. The van der Waals surface area contributed by atoms with Crippen LogP contribution in [0.4, 0.5) is 26.3 Å². The number of nitrogens with one attached hydrogen (secondary N) is 1. The van der Waals surface area contributed by atoms with Gasteiger partial charge in [0.15, 0.2) is 0 Å². The van der Waals surface area contributed by atoms with Crippen molar-refractivity contribution in [2.45, 2.75) is 88.4 Å². The number of piperidine rings is 2. The molecule has 1 amide bonds. The average molecular weight is 727 g/mol. The lowest BCUT2D eigenvalue weighted by atomic mass is 9.76. The Morgan fingerprint density at radius 1 is 0.827 bits per heavy atom. The van der Waals surface area contributed by atoms with Crippen LogP contribution >= 0.6 is 0 Å². The minimum absolute atomic E-state index is 0.318. The van der Waals surface area contributed by atoms with Gasteiger partial charge in [-0.05, 0) is 78.9 Å². The number of benzene rings is 3. The number of rotatable bonds is 9. The van der Waals surface area contributed by atoms with E-state index in [9.17, 15) is 41.0 Å². The summed E-state index contributed by atoms with van der Waals surface area (Å²) in [6, 6.07) is 18.4. The van der Waals surface area contributed by atoms with E-state index in [0.29, 0.717) is 23.0 Å². The van der Waals surface area contributed by atoms with Crippen molar-refractivity contribution in [1.29, 1.82) is 0 Å². The zero-order valence-electron chi connectivity index (χ0n) is 28.4. The first-order chi connectivity index (χ1) is 24.7. The molecule has 2 N–H and O–H groups in total. The van der Waals surface area contributed by atoms with Crippen molar-refractivity contribution in [2.75, 3.05) is 19.6 Å². The van der Waals surface area contributed by atoms with Gasteiger partial charge in [-0.1, -0.05) is 67.1 Å². The largest absolute Gasteiger partial charge is 0.480 e. The number of nitrogens with zero attached hydrogens (tertiary/aromatic N) is 3. The maximum absolute atomic E-state index is 14.4. The molecule has 0 saturated carbocycles. The van der Waals surface area contributed by atoms with Gasteiger partial charge in [0.25, 0.3) is 0 Å². The smallest absolute Gasteiger partial charge is 0.403 e. The topological polar surface area (TPSA) is 85.8 Å². The lowest BCUT2D eigenvalue weighted by Crippen LogP contribution is -2.59. The normalized spacial score (nSPS) is 21.7. The van der Waals surface area contributed by atoms with Crippen molar-refractivity contribution in [3.63, 3.8) is 0 Å². The maximum Gasteiger partial charge on any atom is 0.403 e. The molecule has 3 aromatic carbocycles. The highest BCUT2D eigenvalue weighted by molar-refractivity contribution is 6.05. The fourth-order valence-corrected chi connectivity index (χ4v) is 8.73. The third kappa shape index (κ3) is 6.96. The second-order valence-electron chi connectivity index (χ2n) is 14.5. The average Bonchev–Trinajstić information content (AvgIpc) is 3.30. The molecule has 0 radical (unpaired) electrons. The van der Waals surface area contributed by atoms with E-state index in [1.165, 1.54) is 32.1 Å². The number of aliphatic carboxylic acids is 1. The highest BCUT2D eigenvalue weighted by Crippen LogP contribution is 2.47. The second-order valence-corrected chi connectivity index (χ2v) is 14.5. The van der Waals surface area contributed by atoms with Gasteiger partial charge in [0.1, 0.15) is 11.5 Å². The highest BCUT2D eigenvalue weighted by Gasteiger charge is 2.61. The van der Waals surface area contributed by atoms with Crippen molar-refractivity contribution in [1.82, 2.24) is 20.1 Å². The number of amides is 1. The van der Waals surface area contributed by atoms with Crippen LogP contribution in [0.25, 0.3) is 32.8 Å². The molecule has 7 rings (SSSR count). The summed E-state index contributed by atoms with van der Waals surface area (Å²) in [5.74, 6) is -3.08. The van der Waals surface area contributed by atoms with Crippen LogP contribution in [0.2, 0.25) is 0 Å². The number of fused-ring (bicyclic) bond motifs is 4. The van der Waals surface area contributed by atoms with E-state index in [1.54, 1.807) is 18.2 Å². The molecular weight excluding hydrogens is 686 g/mol. The summed E-state index contributed by atoms with van der Waals surface area (Å²) in [7, 11) is 0. The van der Waals surface area contributed by atoms with Crippen LogP contribution < -0.4 is 5.32 Å². The minimum Gasteiger partial charge on any atom is -0.480 e. The standard InChI is InChI=1S/C39H40F6N4O3/c40-38(41,42)23-48-18-16-37(17-19-48,39(43,44)45)36(52)47-33(35(50)51)20-24-6-3-12-30-28(24)11-5-13-32(30)34-31-10-2-1-9-29(31)25(21-46-34)22-49-26-7-4-8-27(49)15-14-26/h1-3,5-6,9-13,21,26-27,33H,4,7-8,14-20,22-23H2,(H,47,52)(H,50,51)/t26?,27?,33-/m0/s1. The van der Waals surface area contributed by atoms with Crippen LogP contribution in [0.15, 0.2) is 66.9 Å². The fourth-order valence-electron chi connectivity index (χ4n) is 8.73. The molecule has 4 aromatic rings. The van der Waals surface area contributed by atoms with Crippen molar-refractivity contribution < 1.29 is 41.0 Å². The molecule has 3 fully saturated rings. The van der Waals surface area contributed by atoms with Crippen LogP contribution in [0.1, 0.15) is 56.1 Å². The number of likely N-dealkylation sites (tertiary alicyclic amines) is 1. The van der Waals surface area contributed by atoms with Gasteiger partial charge in [0, 0.05) is 42.2 Å². The quantitative estimate of drug-likeness (QED) is 0.171. The van der Waals surface area contributed by atoms with Gasteiger partial charge in [0.2, 0.25) is 5.91 Å². The molecule has 7 nitrogen and oxygen atoms in total. The molecule has 276 valence electrons. The summed E-state index contributed by atoms with van der Waals surface area (Å²) >= 11 is 0. The molecule has 52 heavy (non-hydrogen) atoms. The summed E-state index contributed by atoms with van der Waals surface area (Å²) in [6.45, 7) is -1.79. The summed E-state index contributed by atoms with van der Waals surface area (Å²) in [6.07, 6.45) is -3.75. The number of carboxylic acids is 1. The third-order valence-corrected chi connectivity index (χ3v) is 11.5. The molecule has 1 aromatic heterocycles. The molecular formula is C39H40F6N4O3. The number of pyridine rings is 1. The Morgan fingerprint density at radius 2 is 1.44 bits per heavy atom. The number of hydrogen-bond donors (Lipinski definition) is 2. The van der Waals surface area contributed by atoms with Crippen LogP contribution in [-0.4, -0.2) is 81.9 Å². The monoisotopic (exact) mass is 726 g/mol. The molecule has 0 aliphatic carbocycles. The Kier molecular flexibility index (Phi) is 9.70. The number of carbonyl (C=O) groups excluding carboxylic acids is 1. The molecule has 2 unspecified atom stereocenters. The van der Waals surface area contributed by atoms with E-state index in [0.717, 1.165) is 44.4 Å². The van der Waals surface area contributed by atoms with Gasteiger partial charge >= 0.3 is 18.3 Å². The first-order valence-corrected chi connectivity index (χ1v) is 17.8. The lowest BCUT2D eigenvalue weighted by Gasteiger charge is -2.42. The lowest BCUT2D eigenvalue weighted by molar-refractivity contribution is -0.236. The zero-order chi connectivity index (χ0) is 36.8. The van der Waals surface area contributed by atoms with E-state index in [1.807, 2.05) is 42.6 Å². The number of hydrogen-bond acceptors (Lipinski definition) is 5. The molecule has 3 aliphatic rings. The zero-order valence-corrected chi connectivity index (χ0v) is 28.4. The Morgan fingerprint density at radius 3 is 2.10 bits per heavy atom. The molecule has 3 saturated heterocycles. The fraction of sp³-hybridized carbons (Fsp3) is 0.462. The Hall–Kier alpha value is -4.23. The summed E-state index contributed by atoms with van der Waals surface area (Å²) < 4.78 is 82.0. The van der Waals surface area contributed by atoms with Crippen LogP contribution in [0.3, 0.4) is 0 Å². The van der Waals surface area contributed by atoms with Crippen molar-refractivity contribution >= 4 is 33.4 Å². The highest BCUT2D eigenvalue weighted by atomic mass is 19.4. The number of carbonyl (C=O) groups is 2. The molecule has 0 spiro atoms. The van der Waals surface area contributed by atoms with Gasteiger partial charge < -0.3 is 10.4 Å².